The molecule has 0 unspecified atom stereocenters. The van der Waals surface area contributed by atoms with Gasteiger partial charge in [-0.3, -0.25) is 0 Å². The van der Waals surface area contributed by atoms with Gasteiger partial charge in [-0.15, -0.1) is 0 Å². The molecule has 0 amide bonds. The van der Waals surface area contributed by atoms with Gasteiger partial charge in [0, 0.05) is 0 Å². The van der Waals surface area contributed by atoms with Gasteiger partial charge in [-0.25, -0.2) is 0 Å². The number of aliphatic hydroxyl groups is 2. The lowest BCUT2D eigenvalue weighted by atomic mass is 9.44. The van der Waals surface area contributed by atoms with Gasteiger partial charge < -0.3 is 19.5 Å². The summed E-state index contributed by atoms with van der Waals surface area (Å²) in [5.41, 5.74) is 0.387. The summed E-state index contributed by atoms with van der Waals surface area (Å²) in [6.45, 7) is 7.60. The van der Waals surface area contributed by atoms with E-state index in [0.717, 1.165) is 32.3 Å². The molecule has 0 aromatic rings. The van der Waals surface area contributed by atoms with Crippen molar-refractivity contribution < 1.29 is 19.5 Å². The van der Waals surface area contributed by atoms with E-state index in [1.165, 1.54) is 25.7 Å². The summed E-state index contributed by atoms with van der Waals surface area (Å²) in [7, 11) is -0.0815. The van der Waals surface area contributed by atoms with Gasteiger partial charge in [0.1, 0.15) is 0 Å². The normalized spacial score (nSPS) is 57.9. The van der Waals surface area contributed by atoms with Crippen molar-refractivity contribution in [3.63, 3.8) is 0 Å². The molecule has 10 atom stereocenters. The van der Waals surface area contributed by atoms with Crippen molar-refractivity contribution in [2.75, 3.05) is 6.61 Å². The fraction of sp³-hybridized carbons (Fsp3) is 1.00. The summed E-state index contributed by atoms with van der Waals surface area (Å²) in [6, 6.07) is 0. The first-order valence-corrected chi connectivity index (χ1v) is 11.5. The fourth-order valence-electron chi connectivity index (χ4n) is 8.78. The third-order valence-electron chi connectivity index (χ3n) is 9.95. The van der Waals surface area contributed by atoms with Crippen molar-refractivity contribution in [2.45, 2.75) is 90.3 Å². The topological polar surface area (TPSA) is 58.9 Å². The fourth-order valence-corrected chi connectivity index (χ4v) is 8.78. The number of hydrogen-bond donors (Lipinski definition) is 2. The van der Waals surface area contributed by atoms with Crippen molar-refractivity contribution in [3.05, 3.63) is 0 Å². The van der Waals surface area contributed by atoms with E-state index >= 15 is 0 Å². The first-order valence-electron chi connectivity index (χ1n) is 11.5. The molecule has 5 aliphatic rings. The molecule has 1 aliphatic heterocycles. The molecule has 4 saturated carbocycles. The second kappa shape index (κ2) is 6.45. The SMILES string of the molecule is CB1OC[C@@H]([C@H]2CC[C@H]3[C@@H]4CC[C@H]5C[C@H](O)CC[C@]5(C)[C@H]4[C@@H](O)C[C@]23C)O1. The molecule has 4 nitrogen and oxygen atoms in total. The van der Waals surface area contributed by atoms with Crippen LogP contribution in [-0.2, 0) is 9.31 Å². The first-order chi connectivity index (χ1) is 12.8. The Kier molecular flexibility index (Phi) is 4.52. The van der Waals surface area contributed by atoms with Crippen LogP contribution in [0.3, 0.4) is 0 Å². The highest BCUT2D eigenvalue weighted by Crippen LogP contribution is 2.68. The Morgan fingerprint density at radius 1 is 0.963 bits per heavy atom. The third kappa shape index (κ3) is 2.71. The van der Waals surface area contributed by atoms with Gasteiger partial charge in [0.05, 0.1) is 24.9 Å². The Morgan fingerprint density at radius 2 is 1.74 bits per heavy atom. The van der Waals surface area contributed by atoms with E-state index in [1.54, 1.807) is 0 Å². The van der Waals surface area contributed by atoms with Gasteiger partial charge >= 0.3 is 7.12 Å². The molecule has 0 radical (unpaired) electrons. The average Bonchev–Trinajstić information content (AvgIpc) is 3.17. The Hall–Kier alpha value is -0.0951. The van der Waals surface area contributed by atoms with Crippen molar-refractivity contribution in [1.82, 2.24) is 0 Å². The molecular formula is C22H37BO4. The van der Waals surface area contributed by atoms with E-state index in [-0.39, 0.29) is 36.3 Å². The Balaban J connectivity index is 1.42. The van der Waals surface area contributed by atoms with Crippen LogP contribution in [0.15, 0.2) is 0 Å². The summed E-state index contributed by atoms with van der Waals surface area (Å²) < 4.78 is 11.8. The van der Waals surface area contributed by atoms with E-state index < -0.39 is 0 Å². The van der Waals surface area contributed by atoms with Gasteiger partial charge in [-0.1, -0.05) is 13.8 Å². The maximum atomic E-state index is 11.5. The second-order valence-corrected chi connectivity index (χ2v) is 11.0. The highest BCUT2D eigenvalue weighted by Gasteiger charge is 2.64. The average molecular weight is 376 g/mol. The molecule has 5 fully saturated rings. The van der Waals surface area contributed by atoms with Crippen LogP contribution in [-0.4, -0.2) is 42.3 Å². The van der Waals surface area contributed by atoms with Gasteiger partial charge in [-0.05, 0) is 98.6 Å². The molecule has 4 aliphatic carbocycles. The minimum atomic E-state index is -0.209. The molecule has 2 N–H and O–H groups in total. The molecule has 0 spiro atoms. The molecule has 152 valence electrons. The highest BCUT2D eigenvalue weighted by atomic mass is 16.6. The van der Waals surface area contributed by atoms with Crippen molar-refractivity contribution in [3.8, 4) is 0 Å². The predicted octanol–water partition coefficient (Wildman–Crippen LogP) is 3.51. The maximum absolute atomic E-state index is 11.5. The third-order valence-corrected chi connectivity index (χ3v) is 9.95. The van der Waals surface area contributed by atoms with Crippen molar-refractivity contribution >= 4 is 7.12 Å². The van der Waals surface area contributed by atoms with Crippen LogP contribution in [0.5, 0.6) is 0 Å². The standard InChI is InChI=1S/C22H37BO4/c1-21-9-8-14(24)10-13(21)4-5-15-16-6-7-17(19-12-26-23(3)27-19)22(16,2)11-18(25)20(15)21/h13-20,24-25H,4-12H2,1-3H3/t13-,14+,15-,16-,17+,18-,19-,20+,21-,22-/m0/s1. The summed E-state index contributed by atoms with van der Waals surface area (Å²) in [5.74, 6) is 2.87. The summed E-state index contributed by atoms with van der Waals surface area (Å²) in [5, 5.41) is 21.7. The van der Waals surface area contributed by atoms with Crippen LogP contribution in [0.1, 0.15) is 65.2 Å². The predicted molar refractivity (Wildman–Crippen MR) is 105 cm³/mol. The monoisotopic (exact) mass is 376 g/mol. The van der Waals surface area contributed by atoms with E-state index in [1.807, 2.05) is 6.82 Å². The van der Waals surface area contributed by atoms with Gasteiger partial charge in [0.25, 0.3) is 0 Å². The zero-order valence-corrected chi connectivity index (χ0v) is 17.3. The Labute approximate surface area is 164 Å². The van der Waals surface area contributed by atoms with E-state index in [9.17, 15) is 10.2 Å². The van der Waals surface area contributed by atoms with Crippen LogP contribution >= 0.6 is 0 Å². The molecule has 1 heterocycles. The minimum Gasteiger partial charge on any atom is -0.409 e. The van der Waals surface area contributed by atoms with Crippen LogP contribution in [0.4, 0.5) is 0 Å². The largest absolute Gasteiger partial charge is 0.453 e. The summed E-state index contributed by atoms with van der Waals surface area (Å²) >= 11 is 0. The number of fused-ring (bicyclic) bond motifs is 5. The molecule has 1 saturated heterocycles. The van der Waals surface area contributed by atoms with Crippen LogP contribution in [0.25, 0.3) is 0 Å². The molecule has 5 heteroatoms. The Bertz CT molecular complexity index is 587. The molecule has 0 aromatic heterocycles. The maximum Gasteiger partial charge on any atom is 0.453 e. The lowest BCUT2D eigenvalue weighted by Crippen LogP contribution is -2.59. The summed E-state index contributed by atoms with van der Waals surface area (Å²) in [4.78, 5) is 0. The smallest absolute Gasteiger partial charge is 0.409 e. The van der Waals surface area contributed by atoms with Gasteiger partial charge in [0.15, 0.2) is 0 Å². The number of hydrogen-bond acceptors (Lipinski definition) is 4. The molecular weight excluding hydrogens is 339 g/mol. The van der Waals surface area contributed by atoms with E-state index in [0.29, 0.717) is 29.6 Å². The zero-order valence-electron chi connectivity index (χ0n) is 17.3. The zero-order chi connectivity index (χ0) is 19.0. The van der Waals surface area contributed by atoms with Crippen molar-refractivity contribution in [1.29, 1.82) is 0 Å². The molecule has 27 heavy (non-hydrogen) atoms. The van der Waals surface area contributed by atoms with Gasteiger partial charge in [-0.2, -0.15) is 0 Å². The first kappa shape index (κ1) is 18.9. The second-order valence-electron chi connectivity index (χ2n) is 11.0. The lowest BCUT2D eigenvalue weighted by Gasteiger charge is -2.62. The highest BCUT2D eigenvalue weighted by molar-refractivity contribution is 6.43. The van der Waals surface area contributed by atoms with Crippen LogP contribution in [0, 0.1) is 40.4 Å². The van der Waals surface area contributed by atoms with Crippen LogP contribution < -0.4 is 0 Å². The Morgan fingerprint density at radius 3 is 2.48 bits per heavy atom. The van der Waals surface area contributed by atoms with Crippen LogP contribution in [0.2, 0.25) is 6.82 Å². The van der Waals surface area contributed by atoms with E-state index in [4.69, 9.17) is 9.31 Å². The van der Waals surface area contributed by atoms with Gasteiger partial charge in [0.2, 0.25) is 0 Å². The molecule has 5 rings (SSSR count). The molecule has 0 aromatic carbocycles. The quantitative estimate of drug-likeness (QED) is 0.688. The number of rotatable bonds is 1. The summed E-state index contributed by atoms with van der Waals surface area (Å²) in [6.07, 6.45) is 8.71. The lowest BCUT2D eigenvalue weighted by molar-refractivity contribution is -0.181. The van der Waals surface area contributed by atoms with Crippen molar-refractivity contribution in [2.24, 2.45) is 40.4 Å². The van der Waals surface area contributed by atoms with E-state index in [2.05, 4.69) is 13.8 Å². The number of aliphatic hydroxyl groups excluding tert-OH is 2. The molecule has 0 bridgehead atoms. The minimum absolute atomic E-state index is 0.0815.